The summed E-state index contributed by atoms with van der Waals surface area (Å²) in [4.78, 5) is 27.5. The lowest BCUT2D eigenvalue weighted by Gasteiger charge is -2.29. The van der Waals surface area contributed by atoms with Crippen molar-refractivity contribution in [2.75, 3.05) is 11.9 Å². The Kier molecular flexibility index (Phi) is 8.16. The Labute approximate surface area is 180 Å². The molecule has 0 aliphatic rings. The van der Waals surface area contributed by atoms with Crippen molar-refractivity contribution in [3.63, 3.8) is 0 Å². The summed E-state index contributed by atoms with van der Waals surface area (Å²) in [6.45, 7) is 5.73. The second-order valence-electron chi connectivity index (χ2n) is 7.63. The Morgan fingerprint density at radius 2 is 1.97 bits per heavy atom. The van der Waals surface area contributed by atoms with Crippen LogP contribution in [-0.2, 0) is 16.0 Å². The summed E-state index contributed by atoms with van der Waals surface area (Å²) in [6, 6.07) is 7.68. The number of amides is 2. The predicted octanol–water partition coefficient (Wildman–Crippen LogP) is 2.51. The van der Waals surface area contributed by atoms with Crippen LogP contribution in [0.25, 0.3) is 0 Å². The molecule has 0 radical (unpaired) electrons. The summed E-state index contributed by atoms with van der Waals surface area (Å²) < 4.78 is 0. The highest BCUT2D eigenvalue weighted by Crippen LogP contribution is 2.23. The maximum atomic E-state index is 12.3. The van der Waals surface area contributed by atoms with Gasteiger partial charge in [0.2, 0.25) is 11.8 Å². The van der Waals surface area contributed by atoms with Crippen LogP contribution in [0.5, 0.6) is 5.75 Å². The van der Waals surface area contributed by atoms with E-state index in [1.54, 1.807) is 18.2 Å². The lowest BCUT2D eigenvalue weighted by atomic mass is 10.00. The van der Waals surface area contributed by atoms with Crippen LogP contribution in [0, 0.1) is 0 Å². The first-order chi connectivity index (χ1) is 14.1. The van der Waals surface area contributed by atoms with Gasteiger partial charge >= 0.3 is 0 Å². The molecular weight excluding hydrogens is 408 g/mol. The minimum absolute atomic E-state index is 0.00826. The van der Waals surface area contributed by atoms with Crippen LogP contribution in [0.1, 0.15) is 44.7 Å². The zero-order valence-electron chi connectivity index (χ0n) is 17.2. The van der Waals surface area contributed by atoms with Crippen LogP contribution in [0.2, 0.25) is 5.02 Å². The Balaban J connectivity index is 1.98. The lowest BCUT2D eigenvalue weighted by molar-refractivity contribution is -0.119. The van der Waals surface area contributed by atoms with Gasteiger partial charge in [0.1, 0.15) is 12.0 Å². The van der Waals surface area contributed by atoms with E-state index in [9.17, 15) is 19.8 Å². The predicted molar refractivity (Wildman–Crippen MR) is 115 cm³/mol. The van der Waals surface area contributed by atoms with Gasteiger partial charge in [-0.15, -0.1) is 0 Å². The Morgan fingerprint density at radius 3 is 2.67 bits per heavy atom. The summed E-state index contributed by atoms with van der Waals surface area (Å²) in [6.07, 6.45) is 0.965. The Hall–Kier alpha value is -2.68. The van der Waals surface area contributed by atoms with E-state index in [0.717, 1.165) is 0 Å². The average molecular weight is 435 g/mol. The van der Waals surface area contributed by atoms with Crippen molar-refractivity contribution in [3.05, 3.63) is 52.8 Å². The molecule has 30 heavy (non-hydrogen) atoms. The average Bonchev–Trinajstić information content (AvgIpc) is 2.64. The van der Waals surface area contributed by atoms with Gasteiger partial charge in [-0.2, -0.15) is 0 Å². The van der Waals surface area contributed by atoms with Crippen LogP contribution in [0.4, 0.5) is 5.69 Å². The summed E-state index contributed by atoms with van der Waals surface area (Å²) in [5.41, 5.74) is 0.749. The molecule has 0 aliphatic carbocycles. The van der Waals surface area contributed by atoms with E-state index >= 15 is 0 Å². The molecule has 8 nitrogen and oxygen atoms in total. The SMILES string of the molecule is CC(=O)NCCC(C)(C)NC(O)c1cc(NC(=O)Cc2cc(Cl)ccc2O)ccn1. The summed E-state index contributed by atoms with van der Waals surface area (Å²) >= 11 is 5.91. The molecule has 0 aliphatic heterocycles. The number of carbonyl (C=O) groups excluding carboxylic acids is 2. The number of benzene rings is 1. The zero-order valence-corrected chi connectivity index (χ0v) is 18.0. The number of anilines is 1. The molecule has 0 fully saturated rings. The van der Waals surface area contributed by atoms with Gasteiger partial charge in [-0.25, -0.2) is 0 Å². The van der Waals surface area contributed by atoms with Crippen molar-refractivity contribution >= 4 is 29.1 Å². The van der Waals surface area contributed by atoms with E-state index in [-0.39, 0.29) is 24.0 Å². The molecule has 2 amide bonds. The van der Waals surface area contributed by atoms with E-state index < -0.39 is 11.8 Å². The van der Waals surface area contributed by atoms with Crippen LogP contribution in [0.3, 0.4) is 0 Å². The minimum Gasteiger partial charge on any atom is -0.508 e. The van der Waals surface area contributed by atoms with Gasteiger partial charge in [0, 0.05) is 41.5 Å². The van der Waals surface area contributed by atoms with E-state index in [0.29, 0.717) is 34.9 Å². The third-order valence-corrected chi connectivity index (χ3v) is 4.62. The number of hydrogen-bond acceptors (Lipinski definition) is 6. The fraction of sp³-hybridized carbons (Fsp3) is 0.381. The quantitative estimate of drug-likeness (QED) is 0.386. The van der Waals surface area contributed by atoms with Gasteiger partial charge in [-0.1, -0.05) is 11.6 Å². The fourth-order valence-corrected chi connectivity index (χ4v) is 3.01. The van der Waals surface area contributed by atoms with Crippen LogP contribution >= 0.6 is 11.6 Å². The molecule has 0 saturated heterocycles. The fourth-order valence-electron chi connectivity index (χ4n) is 2.82. The lowest BCUT2D eigenvalue weighted by Crippen LogP contribution is -2.44. The monoisotopic (exact) mass is 434 g/mol. The number of aliphatic hydroxyl groups is 1. The second-order valence-corrected chi connectivity index (χ2v) is 8.07. The number of nitrogens with zero attached hydrogens (tertiary/aromatic N) is 1. The van der Waals surface area contributed by atoms with Gasteiger partial charge in [-0.3, -0.25) is 19.9 Å². The molecule has 5 N–H and O–H groups in total. The molecule has 1 unspecified atom stereocenters. The van der Waals surface area contributed by atoms with Crippen LogP contribution < -0.4 is 16.0 Å². The number of hydrogen-bond donors (Lipinski definition) is 5. The number of rotatable bonds is 9. The Bertz CT molecular complexity index is 904. The molecule has 1 aromatic carbocycles. The normalized spacial score (nSPS) is 12.3. The standard InChI is InChI=1S/C21H27ClN4O4/c1-13(27)23-9-7-21(2,3)26-20(30)17-12-16(6-8-24-17)25-19(29)11-14-10-15(22)4-5-18(14)28/h4-6,8,10,12,20,26,28,30H,7,9,11H2,1-3H3,(H,23,27)(H,24,25,29). The molecule has 9 heteroatoms. The summed E-state index contributed by atoms with van der Waals surface area (Å²) in [7, 11) is 0. The van der Waals surface area contributed by atoms with Crippen molar-refractivity contribution in [2.24, 2.45) is 0 Å². The molecule has 1 aromatic heterocycles. The smallest absolute Gasteiger partial charge is 0.228 e. The number of pyridine rings is 1. The maximum Gasteiger partial charge on any atom is 0.228 e. The molecule has 0 saturated carbocycles. The number of halogens is 1. The highest BCUT2D eigenvalue weighted by molar-refractivity contribution is 6.30. The zero-order chi connectivity index (χ0) is 22.3. The van der Waals surface area contributed by atoms with Crippen LogP contribution in [0.15, 0.2) is 36.5 Å². The molecule has 2 aromatic rings. The highest BCUT2D eigenvalue weighted by Gasteiger charge is 2.22. The number of nitrogens with one attached hydrogen (secondary N) is 3. The highest BCUT2D eigenvalue weighted by atomic mass is 35.5. The van der Waals surface area contributed by atoms with Crippen molar-refractivity contribution in [3.8, 4) is 5.75 Å². The van der Waals surface area contributed by atoms with E-state index in [1.165, 1.54) is 25.3 Å². The molecule has 0 bridgehead atoms. The molecule has 2 rings (SSSR count). The minimum atomic E-state index is -1.06. The van der Waals surface area contributed by atoms with Gasteiger partial charge in [0.15, 0.2) is 0 Å². The second kappa shape index (κ2) is 10.4. The first-order valence-electron chi connectivity index (χ1n) is 9.49. The molecule has 1 heterocycles. The van der Waals surface area contributed by atoms with E-state index in [2.05, 4.69) is 20.9 Å². The van der Waals surface area contributed by atoms with Gasteiger partial charge in [0.25, 0.3) is 0 Å². The van der Waals surface area contributed by atoms with Crippen molar-refractivity contribution in [1.29, 1.82) is 0 Å². The number of carbonyl (C=O) groups is 2. The van der Waals surface area contributed by atoms with Gasteiger partial charge in [0.05, 0.1) is 12.1 Å². The number of phenols is 1. The molecule has 0 spiro atoms. The maximum absolute atomic E-state index is 12.3. The molecular formula is C21H27ClN4O4. The molecule has 162 valence electrons. The van der Waals surface area contributed by atoms with Gasteiger partial charge < -0.3 is 20.8 Å². The third kappa shape index (κ3) is 7.62. The van der Waals surface area contributed by atoms with E-state index in [4.69, 9.17) is 11.6 Å². The third-order valence-electron chi connectivity index (χ3n) is 4.39. The van der Waals surface area contributed by atoms with Crippen molar-refractivity contribution in [2.45, 2.75) is 45.4 Å². The van der Waals surface area contributed by atoms with Crippen molar-refractivity contribution < 1.29 is 19.8 Å². The largest absolute Gasteiger partial charge is 0.508 e. The van der Waals surface area contributed by atoms with Gasteiger partial charge in [-0.05, 0) is 50.6 Å². The summed E-state index contributed by atoms with van der Waals surface area (Å²) in [5.74, 6) is -0.462. The number of aromatic nitrogens is 1. The number of aliphatic hydroxyl groups excluding tert-OH is 1. The van der Waals surface area contributed by atoms with Crippen LogP contribution in [-0.4, -0.2) is 39.1 Å². The summed E-state index contributed by atoms with van der Waals surface area (Å²) in [5, 5.41) is 29.3. The number of phenolic OH excluding ortho intramolecular Hbond substituents is 1. The number of aromatic hydroxyl groups is 1. The topological polar surface area (TPSA) is 124 Å². The van der Waals surface area contributed by atoms with E-state index in [1.807, 2.05) is 13.8 Å². The first-order valence-corrected chi connectivity index (χ1v) is 9.87. The molecule has 1 atom stereocenters. The first kappa shape index (κ1) is 23.6. The van der Waals surface area contributed by atoms with Crippen molar-refractivity contribution in [1.82, 2.24) is 15.6 Å². The Morgan fingerprint density at radius 1 is 1.23 bits per heavy atom.